The molecule has 74 valence electrons. The zero-order valence-electron chi connectivity index (χ0n) is 8.44. The zero-order valence-corrected chi connectivity index (χ0v) is 8.44. The molecular weight excluding hydrogens is 162 g/mol. The van der Waals surface area contributed by atoms with Gasteiger partial charge in [-0.25, -0.2) is 0 Å². The standard InChI is InChI=1S/C11H19NO/c1-10(13)12-11-8-6-4-2-3-5-7-9-11/h8H,2-7,9H2,1H3,(H,12,13)/b11-8+. The van der Waals surface area contributed by atoms with Crippen LogP contribution < -0.4 is 5.32 Å². The Hall–Kier alpha value is -0.790. The molecule has 0 heterocycles. The van der Waals surface area contributed by atoms with Gasteiger partial charge in [0.15, 0.2) is 0 Å². The van der Waals surface area contributed by atoms with Crippen molar-refractivity contribution in [2.24, 2.45) is 0 Å². The third kappa shape index (κ3) is 4.71. The van der Waals surface area contributed by atoms with E-state index >= 15 is 0 Å². The lowest BCUT2D eigenvalue weighted by molar-refractivity contribution is -0.118. The first kappa shape index (κ1) is 10.3. The molecule has 2 nitrogen and oxygen atoms in total. The molecule has 0 unspecified atom stereocenters. The van der Waals surface area contributed by atoms with E-state index in [0.29, 0.717) is 0 Å². The first-order valence-corrected chi connectivity index (χ1v) is 5.25. The third-order valence-corrected chi connectivity index (χ3v) is 2.38. The normalized spacial score (nSPS) is 23.3. The Bertz CT molecular complexity index is 196. The van der Waals surface area contributed by atoms with E-state index in [0.717, 1.165) is 18.5 Å². The summed E-state index contributed by atoms with van der Waals surface area (Å²) in [4.78, 5) is 10.8. The van der Waals surface area contributed by atoms with Crippen molar-refractivity contribution in [2.75, 3.05) is 0 Å². The SMILES string of the molecule is CC(=O)N/C1=C/CCCCCCC1. The molecule has 0 radical (unpaired) electrons. The molecule has 0 spiro atoms. The van der Waals surface area contributed by atoms with Crippen molar-refractivity contribution in [3.63, 3.8) is 0 Å². The van der Waals surface area contributed by atoms with Crippen molar-refractivity contribution >= 4 is 5.91 Å². The quantitative estimate of drug-likeness (QED) is 0.662. The monoisotopic (exact) mass is 181 g/mol. The fourth-order valence-corrected chi connectivity index (χ4v) is 1.71. The van der Waals surface area contributed by atoms with Gasteiger partial charge in [-0.05, 0) is 25.7 Å². The minimum atomic E-state index is 0.0606. The Morgan fingerprint density at radius 3 is 2.69 bits per heavy atom. The lowest BCUT2D eigenvalue weighted by Crippen LogP contribution is -2.19. The second kappa shape index (κ2) is 5.79. The molecule has 2 heteroatoms. The largest absolute Gasteiger partial charge is 0.330 e. The van der Waals surface area contributed by atoms with Gasteiger partial charge >= 0.3 is 0 Å². The van der Waals surface area contributed by atoms with E-state index in [1.165, 1.54) is 32.1 Å². The fourth-order valence-electron chi connectivity index (χ4n) is 1.71. The predicted octanol–water partition coefficient (Wildman–Crippen LogP) is 2.75. The molecule has 0 saturated heterocycles. The van der Waals surface area contributed by atoms with Gasteiger partial charge in [0.05, 0.1) is 0 Å². The van der Waals surface area contributed by atoms with Gasteiger partial charge in [-0.1, -0.05) is 25.3 Å². The summed E-state index contributed by atoms with van der Waals surface area (Å²) >= 11 is 0. The highest BCUT2D eigenvalue weighted by atomic mass is 16.1. The number of hydrogen-bond donors (Lipinski definition) is 1. The molecule has 0 aromatic heterocycles. The Balaban J connectivity index is 2.42. The van der Waals surface area contributed by atoms with Crippen LogP contribution in [0.25, 0.3) is 0 Å². The maximum absolute atomic E-state index is 10.8. The lowest BCUT2D eigenvalue weighted by Gasteiger charge is -2.06. The summed E-state index contributed by atoms with van der Waals surface area (Å²) in [5.41, 5.74) is 1.13. The van der Waals surface area contributed by atoms with Gasteiger partial charge in [-0.2, -0.15) is 0 Å². The summed E-state index contributed by atoms with van der Waals surface area (Å²) in [7, 11) is 0. The van der Waals surface area contributed by atoms with Crippen LogP contribution in [0.15, 0.2) is 11.8 Å². The van der Waals surface area contributed by atoms with Gasteiger partial charge in [0.25, 0.3) is 0 Å². The van der Waals surface area contributed by atoms with Crippen molar-refractivity contribution in [1.82, 2.24) is 5.32 Å². The highest BCUT2D eigenvalue weighted by Crippen LogP contribution is 2.14. The van der Waals surface area contributed by atoms with Gasteiger partial charge in [-0.15, -0.1) is 0 Å². The Morgan fingerprint density at radius 1 is 1.23 bits per heavy atom. The van der Waals surface area contributed by atoms with Crippen LogP contribution in [-0.2, 0) is 4.79 Å². The number of nitrogens with one attached hydrogen (secondary N) is 1. The van der Waals surface area contributed by atoms with Crippen LogP contribution >= 0.6 is 0 Å². The highest BCUT2D eigenvalue weighted by Gasteiger charge is 2.02. The first-order chi connectivity index (χ1) is 6.29. The van der Waals surface area contributed by atoms with E-state index in [2.05, 4.69) is 11.4 Å². The summed E-state index contributed by atoms with van der Waals surface area (Å²) in [6, 6.07) is 0. The molecule has 0 bridgehead atoms. The number of allylic oxidation sites excluding steroid dienone is 2. The summed E-state index contributed by atoms with van der Waals surface area (Å²) < 4.78 is 0. The molecule has 0 fully saturated rings. The molecule has 0 aromatic rings. The van der Waals surface area contributed by atoms with Gasteiger partial charge in [0, 0.05) is 12.6 Å². The van der Waals surface area contributed by atoms with Crippen LogP contribution in [0.1, 0.15) is 51.9 Å². The molecular formula is C11H19NO. The molecule has 0 aliphatic heterocycles. The van der Waals surface area contributed by atoms with E-state index in [1.807, 2.05) is 0 Å². The Kier molecular flexibility index (Phi) is 4.58. The maximum Gasteiger partial charge on any atom is 0.220 e. The summed E-state index contributed by atoms with van der Waals surface area (Å²) in [6.07, 6.45) is 10.8. The smallest absolute Gasteiger partial charge is 0.220 e. The Morgan fingerprint density at radius 2 is 1.92 bits per heavy atom. The predicted molar refractivity (Wildman–Crippen MR) is 54.2 cm³/mol. The van der Waals surface area contributed by atoms with E-state index in [-0.39, 0.29) is 5.91 Å². The second-order valence-electron chi connectivity index (χ2n) is 3.72. The van der Waals surface area contributed by atoms with Crippen molar-refractivity contribution in [3.8, 4) is 0 Å². The summed E-state index contributed by atoms with van der Waals surface area (Å²) in [6.45, 7) is 1.58. The van der Waals surface area contributed by atoms with Gasteiger partial charge in [-0.3, -0.25) is 4.79 Å². The van der Waals surface area contributed by atoms with Crippen molar-refractivity contribution in [2.45, 2.75) is 51.9 Å². The van der Waals surface area contributed by atoms with Crippen molar-refractivity contribution < 1.29 is 4.79 Å². The minimum Gasteiger partial charge on any atom is -0.330 e. The molecule has 1 aliphatic carbocycles. The topological polar surface area (TPSA) is 29.1 Å². The zero-order chi connectivity index (χ0) is 9.52. The van der Waals surface area contributed by atoms with Crippen molar-refractivity contribution in [1.29, 1.82) is 0 Å². The number of carbonyl (C=O) groups is 1. The fraction of sp³-hybridized carbons (Fsp3) is 0.727. The number of carbonyl (C=O) groups excluding carboxylic acids is 1. The minimum absolute atomic E-state index is 0.0606. The van der Waals surface area contributed by atoms with Crippen molar-refractivity contribution in [3.05, 3.63) is 11.8 Å². The number of amides is 1. The maximum atomic E-state index is 10.8. The average Bonchev–Trinajstić information content (AvgIpc) is 2.17. The second-order valence-corrected chi connectivity index (χ2v) is 3.72. The summed E-state index contributed by atoms with van der Waals surface area (Å²) in [5.74, 6) is 0.0606. The molecule has 1 amide bonds. The lowest BCUT2D eigenvalue weighted by atomic mass is 10.1. The van der Waals surface area contributed by atoms with Crippen LogP contribution in [0.3, 0.4) is 0 Å². The molecule has 0 atom stereocenters. The third-order valence-electron chi connectivity index (χ3n) is 2.38. The van der Waals surface area contributed by atoms with E-state index < -0.39 is 0 Å². The van der Waals surface area contributed by atoms with Gasteiger partial charge in [0.1, 0.15) is 0 Å². The van der Waals surface area contributed by atoms with E-state index in [4.69, 9.17) is 0 Å². The van der Waals surface area contributed by atoms with Gasteiger partial charge in [0.2, 0.25) is 5.91 Å². The molecule has 0 aromatic carbocycles. The van der Waals surface area contributed by atoms with Gasteiger partial charge < -0.3 is 5.32 Å². The average molecular weight is 181 g/mol. The highest BCUT2D eigenvalue weighted by molar-refractivity contribution is 5.74. The van der Waals surface area contributed by atoms with Crippen LogP contribution in [-0.4, -0.2) is 5.91 Å². The van der Waals surface area contributed by atoms with Crippen LogP contribution in [0.5, 0.6) is 0 Å². The molecule has 1 rings (SSSR count). The van der Waals surface area contributed by atoms with E-state index in [9.17, 15) is 4.79 Å². The number of hydrogen-bond acceptors (Lipinski definition) is 1. The number of rotatable bonds is 1. The van der Waals surface area contributed by atoms with Crippen LogP contribution in [0.4, 0.5) is 0 Å². The Labute approximate surface area is 80.4 Å². The molecule has 1 N–H and O–H groups in total. The first-order valence-electron chi connectivity index (χ1n) is 5.25. The summed E-state index contributed by atoms with van der Waals surface area (Å²) in [5, 5.41) is 2.90. The molecule has 13 heavy (non-hydrogen) atoms. The van der Waals surface area contributed by atoms with E-state index in [1.54, 1.807) is 6.92 Å². The molecule has 1 aliphatic rings. The van der Waals surface area contributed by atoms with Crippen LogP contribution in [0.2, 0.25) is 0 Å². The molecule has 0 saturated carbocycles. The van der Waals surface area contributed by atoms with Crippen LogP contribution in [0, 0.1) is 0 Å².